The standard InChI is InChI=1S/C64H40N2/c1-2-16-45-38-46(33-30-41(45)14-1)42-28-31-44(32-29-42)63-55-36-34-48(66-61-26-11-7-21-52(61)53-22-8-12-27-62(53)66)40-58(55)64(54-23-13-17-43-15-3-4-18-49(43)54)56-37-35-47(39-57(56)63)65-59-24-9-5-19-50(59)51-20-6-10-25-60(51)65/h1-40H. The Morgan fingerprint density at radius 1 is 0.212 bits per heavy atom. The number of benzene rings is 12. The average Bonchev–Trinajstić information content (AvgIpc) is 3.91. The van der Waals surface area contributed by atoms with E-state index in [1.807, 2.05) is 0 Å². The highest BCUT2D eigenvalue weighted by molar-refractivity contribution is 6.24. The summed E-state index contributed by atoms with van der Waals surface area (Å²) >= 11 is 0. The van der Waals surface area contributed by atoms with E-state index in [2.05, 4.69) is 252 Å². The van der Waals surface area contributed by atoms with E-state index < -0.39 is 0 Å². The molecule has 0 radical (unpaired) electrons. The zero-order valence-corrected chi connectivity index (χ0v) is 36.0. The van der Waals surface area contributed by atoms with Crippen LogP contribution in [0.3, 0.4) is 0 Å². The first kappa shape index (κ1) is 36.7. The second-order valence-corrected chi connectivity index (χ2v) is 17.6. The predicted octanol–water partition coefficient (Wildman–Crippen LogP) is 17.5. The van der Waals surface area contributed by atoms with Crippen LogP contribution in [0.25, 0.3) is 131 Å². The van der Waals surface area contributed by atoms with Crippen LogP contribution in [0.2, 0.25) is 0 Å². The lowest BCUT2D eigenvalue weighted by molar-refractivity contribution is 1.18. The van der Waals surface area contributed by atoms with Crippen LogP contribution in [0.4, 0.5) is 0 Å². The summed E-state index contributed by atoms with van der Waals surface area (Å²) in [6.07, 6.45) is 0. The number of rotatable bonds is 5. The molecule has 66 heavy (non-hydrogen) atoms. The van der Waals surface area contributed by atoms with Gasteiger partial charge in [0.2, 0.25) is 0 Å². The fourth-order valence-electron chi connectivity index (χ4n) is 11.1. The van der Waals surface area contributed by atoms with Crippen LogP contribution in [0.15, 0.2) is 243 Å². The van der Waals surface area contributed by atoms with Crippen LogP contribution in [-0.4, -0.2) is 9.13 Å². The third-order valence-electron chi connectivity index (χ3n) is 14.1. The molecule has 12 aromatic carbocycles. The van der Waals surface area contributed by atoms with Crippen molar-refractivity contribution in [2.75, 3.05) is 0 Å². The zero-order chi connectivity index (χ0) is 43.3. The van der Waals surface area contributed by atoms with Crippen LogP contribution < -0.4 is 0 Å². The lowest BCUT2D eigenvalue weighted by Crippen LogP contribution is -1.98. The van der Waals surface area contributed by atoms with E-state index in [-0.39, 0.29) is 0 Å². The number of aromatic nitrogens is 2. The Kier molecular flexibility index (Phi) is 8.02. The molecule has 0 spiro atoms. The van der Waals surface area contributed by atoms with Gasteiger partial charge < -0.3 is 9.13 Å². The highest BCUT2D eigenvalue weighted by Crippen LogP contribution is 2.48. The van der Waals surface area contributed by atoms with Crippen LogP contribution in [-0.2, 0) is 0 Å². The van der Waals surface area contributed by atoms with Gasteiger partial charge in [0.1, 0.15) is 0 Å². The van der Waals surface area contributed by atoms with Crippen molar-refractivity contribution in [3.8, 4) is 44.8 Å². The molecule has 2 aromatic heterocycles. The van der Waals surface area contributed by atoms with Crippen LogP contribution in [0, 0.1) is 0 Å². The van der Waals surface area contributed by atoms with Crippen molar-refractivity contribution in [3.63, 3.8) is 0 Å². The number of hydrogen-bond donors (Lipinski definition) is 0. The Hall–Kier alpha value is -8.72. The van der Waals surface area contributed by atoms with Crippen molar-refractivity contribution in [1.82, 2.24) is 9.13 Å². The van der Waals surface area contributed by atoms with Crippen molar-refractivity contribution in [2.45, 2.75) is 0 Å². The molecule has 0 bridgehead atoms. The van der Waals surface area contributed by atoms with Crippen molar-refractivity contribution < 1.29 is 0 Å². The third-order valence-corrected chi connectivity index (χ3v) is 14.1. The van der Waals surface area contributed by atoms with Crippen LogP contribution >= 0.6 is 0 Å². The largest absolute Gasteiger partial charge is 0.309 e. The number of para-hydroxylation sites is 4. The Bertz CT molecular complexity index is 4170. The van der Waals surface area contributed by atoms with Gasteiger partial charge >= 0.3 is 0 Å². The molecular formula is C64H40N2. The highest BCUT2D eigenvalue weighted by Gasteiger charge is 2.22. The normalized spacial score (nSPS) is 11.9. The number of hydrogen-bond acceptors (Lipinski definition) is 0. The van der Waals surface area contributed by atoms with Crippen molar-refractivity contribution >= 4 is 86.7 Å². The molecule has 0 saturated heterocycles. The summed E-state index contributed by atoms with van der Waals surface area (Å²) in [5.41, 5.74) is 14.4. The summed E-state index contributed by atoms with van der Waals surface area (Å²) in [5, 5.41) is 14.9. The minimum Gasteiger partial charge on any atom is -0.309 e. The first-order chi connectivity index (χ1) is 32.7. The SMILES string of the molecule is c1ccc2cc(-c3ccc(-c4c5cc(-n6c7ccccc7c7ccccc76)ccc5c(-c5cccc6ccccc56)c5cc(-n6c7ccccc7c7ccccc76)ccc45)cc3)ccc2c1. The molecule has 0 aliphatic carbocycles. The Morgan fingerprint density at radius 2 is 0.636 bits per heavy atom. The molecule has 0 aliphatic heterocycles. The topological polar surface area (TPSA) is 9.86 Å². The van der Waals surface area contributed by atoms with E-state index in [1.54, 1.807) is 0 Å². The second-order valence-electron chi connectivity index (χ2n) is 17.6. The van der Waals surface area contributed by atoms with Gasteiger partial charge in [-0.1, -0.05) is 188 Å². The minimum absolute atomic E-state index is 1.14. The maximum absolute atomic E-state index is 2.46. The summed E-state index contributed by atoms with van der Waals surface area (Å²) < 4.78 is 4.90. The van der Waals surface area contributed by atoms with E-state index in [0.29, 0.717) is 0 Å². The second kappa shape index (κ2) is 14.4. The minimum atomic E-state index is 1.14. The molecule has 2 nitrogen and oxygen atoms in total. The Morgan fingerprint density at radius 3 is 1.21 bits per heavy atom. The van der Waals surface area contributed by atoms with Crippen LogP contribution in [0.5, 0.6) is 0 Å². The lowest BCUT2D eigenvalue weighted by Gasteiger charge is -2.21. The summed E-state index contributed by atoms with van der Waals surface area (Å²) in [4.78, 5) is 0. The summed E-state index contributed by atoms with van der Waals surface area (Å²) in [5.74, 6) is 0. The molecular weight excluding hydrogens is 797 g/mol. The van der Waals surface area contributed by atoms with Gasteiger partial charge in [-0.25, -0.2) is 0 Å². The van der Waals surface area contributed by atoms with Gasteiger partial charge in [-0.05, 0) is 131 Å². The monoisotopic (exact) mass is 836 g/mol. The fourth-order valence-corrected chi connectivity index (χ4v) is 11.1. The van der Waals surface area contributed by atoms with Crippen molar-refractivity contribution in [2.24, 2.45) is 0 Å². The van der Waals surface area contributed by atoms with Gasteiger partial charge in [0.05, 0.1) is 22.1 Å². The lowest BCUT2D eigenvalue weighted by atomic mass is 9.84. The van der Waals surface area contributed by atoms with Crippen LogP contribution in [0.1, 0.15) is 0 Å². The smallest absolute Gasteiger partial charge is 0.0541 e. The molecule has 0 N–H and O–H groups in total. The summed E-state index contributed by atoms with van der Waals surface area (Å²) in [6.45, 7) is 0. The summed E-state index contributed by atoms with van der Waals surface area (Å²) in [6, 6.07) is 89.9. The molecule has 0 unspecified atom stereocenters. The third kappa shape index (κ3) is 5.49. The highest BCUT2D eigenvalue weighted by atomic mass is 15.0. The van der Waals surface area contributed by atoms with E-state index >= 15 is 0 Å². The molecule has 14 rings (SSSR count). The van der Waals surface area contributed by atoms with Gasteiger partial charge in [-0.15, -0.1) is 0 Å². The fraction of sp³-hybridized carbons (Fsp3) is 0. The average molecular weight is 837 g/mol. The van der Waals surface area contributed by atoms with Gasteiger partial charge in [0, 0.05) is 32.9 Å². The molecule has 0 fully saturated rings. The van der Waals surface area contributed by atoms with Crippen molar-refractivity contribution in [3.05, 3.63) is 243 Å². The quantitative estimate of drug-likeness (QED) is 0.153. The van der Waals surface area contributed by atoms with E-state index in [0.717, 1.165) is 11.4 Å². The van der Waals surface area contributed by atoms with Gasteiger partial charge in [-0.2, -0.15) is 0 Å². The Labute approximate surface area is 381 Å². The number of fused-ring (bicyclic) bond motifs is 10. The predicted molar refractivity (Wildman–Crippen MR) is 281 cm³/mol. The van der Waals surface area contributed by atoms with Gasteiger partial charge in [0.25, 0.3) is 0 Å². The molecule has 14 aromatic rings. The molecule has 2 heterocycles. The maximum atomic E-state index is 2.46. The molecule has 306 valence electrons. The first-order valence-electron chi connectivity index (χ1n) is 22.8. The van der Waals surface area contributed by atoms with E-state index in [9.17, 15) is 0 Å². The molecule has 0 saturated carbocycles. The van der Waals surface area contributed by atoms with Gasteiger partial charge in [0.15, 0.2) is 0 Å². The molecule has 2 heteroatoms. The van der Waals surface area contributed by atoms with Gasteiger partial charge in [-0.3, -0.25) is 0 Å². The van der Waals surface area contributed by atoms with E-state index in [1.165, 1.54) is 120 Å². The van der Waals surface area contributed by atoms with Crippen molar-refractivity contribution in [1.29, 1.82) is 0 Å². The number of nitrogens with zero attached hydrogens (tertiary/aromatic N) is 2. The molecule has 0 aliphatic rings. The van der Waals surface area contributed by atoms with E-state index in [4.69, 9.17) is 0 Å². The molecule has 0 atom stereocenters. The first-order valence-corrected chi connectivity index (χ1v) is 22.8. The zero-order valence-electron chi connectivity index (χ0n) is 36.0. The Balaban J connectivity index is 1.10. The summed E-state index contributed by atoms with van der Waals surface area (Å²) in [7, 11) is 0. The maximum Gasteiger partial charge on any atom is 0.0541 e. The molecule has 0 amide bonds.